The summed E-state index contributed by atoms with van der Waals surface area (Å²) in [5.74, 6) is 0.404. The summed E-state index contributed by atoms with van der Waals surface area (Å²) >= 11 is 2.46. The fourth-order valence-electron chi connectivity index (χ4n) is 2.25. The highest BCUT2D eigenvalue weighted by molar-refractivity contribution is 7.14. The number of carbonyl (C=O) groups is 1. The molecule has 2 N–H and O–H groups in total. The van der Waals surface area contributed by atoms with Crippen LogP contribution >= 0.6 is 23.1 Å². The van der Waals surface area contributed by atoms with Crippen LogP contribution in [-0.2, 0) is 0 Å². The van der Waals surface area contributed by atoms with Crippen molar-refractivity contribution in [3.8, 4) is 0 Å². The van der Waals surface area contributed by atoms with Gasteiger partial charge in [-0.25, -0.2) is 9.97 Å². The SMILES string of the molecule is Cc1cccc(Nc2nc(C(=O)Nc3cccc4nsnc34)cs2)n1. The molecule has 1 amide bonds. The quantitative estimate of drug-likeness (QED) is 0.568. The maximum absolute atomic E-state index is 12.4. The molecular weight excluding hydrogens is 356 g/mol. The monoisotopic (exact) mass is 368 g/mol. The number of aryl methyl sites for hydroxylation is 1. The molecule has 7 nitrogen and oxygen atoms in total. The maximum atomic E-state index is 12.4. The first-order chi connectivity index (χ1) is 12.2. The van der Waals surface area contributed by atoms with Crippen LogP contribution in [0.25, 0.3) is 11.0 Å². The Morgan fingerprint density at radius 1 is 1.08 bits per heavy atom. The summed E-state index contributed by atoms with van der Waals surface area (Å²) in [5, 5.41) is 8.25. The van der Waals surface area contributed by atoms with E-state index in [0.717, 1.165) is 22.9 Å². The van der Waals surface area contributed by atoms with E-state index in [0.29, 0.717) is 27.8 Å². The molecule has 25 heavy (non-hydrogen) atoms. The molecule has 0 saturated carbocycles. The molecule has 3 heterocycles. The second kappa shape index (κ2) is 6.54. The second-order valence-electron chi connectivity index (χ2n) is 5.22. The molecule has 3 aromatic heterocycles. The molecule has 0 aliphatic carbocycles. The molecule has 0 bridgehead atoms. The van der Waals surface area contributed by atoms with Gasteiger partial charge in [0.2, 0.25) is 0 Å². The van der Waals surface area contributed by atoms with Crippen LogP contribution in [0.15, 0.2) is 41.8 Å². The number of hydrogen-bond donors (Lipinski definition) is 2. The van der Waals surface area contributed by atoms with Gasteiger partial charge < -0.3 is 10.6 Å². The number of rotatable bonds is 4. The number of fused-ring (bicyclic) bond motifs is 1. The molecule has 0 aliphatic rings. The summed E-state index contributed by atoms with van der Waals surface area (Å²) in [6.07, 6.45) is 0. The van der Waals surface area contributed by atoms with Gasteiger partial charge in [-0.15, -0.1) is 11.3 Å². The molecule has 124 valence electrons. The molecule has 0 spiro atoms. The molecule has 0 unspecified atom stereocenters. The van der Waals surface area contributed by atoms with E-state index in [4.69, 9.17) is 0 Å². The Hall–Kier alpha value is -2.91. The van der Waals surface area contributed by atoms with Gasteiger partial charge in [-0.3, -0.25) is 4.79 Å². The molecule has 0 radical (unpaired) electrons. The van der Waals surface area contributed by atoms with E-state index >= 15 is 0 Å². The van der Waals surface area contributed by atoms with Crippen molar-refractivity contribution in [3.05, 3.63) is 53.2 Å². The molecule has 9 heteroatoms. The minimum absolute atomic E-state index is 0.290. The van der Waals surface area contributed by atoms with Gasteiger partial charge in [-0.1, -0.05) is 12.1 Å². The first kappa shape index (κ1) is 15.6. The van der Waals surface area contributed by atoms with Crippen LogP contribution < -0.4 is 10.6 Å². The smallest absolute Gasteiger partial charge is 0.275 e. The highest BCUT2D eigenvalue weighted by Gasteiger charge is 2.14. The lowest BCUT2D eigenvalue weighted by Crippen LogP contribution is -2.12. The lowest BCUT2D eigenvalue weighted by molar-refractivity contribution is 0.102. The van der Waals surface area contributed by atoms with Crippen molar-refractivity contribution in [3.63, 3.8) is 0 Å². The Labute approximate surface area is 151 Å². The summed E-state index contributed by atoms with van der Waals surface area (Å²) in [7, 11) is 0. The number of thiazole rings is 1. The Morgan fingerprint density at radius 2 is 1.96 bits per heavy atom. The van der Waals surface area contributed by atoms with Crippen molar-refractivity contribution in [1.82, 2.24) is 18.7 Å². The highest BCUT2D eigenvalue weighted by atomic mass is 32.1. The average Bonchev–Trinajstić information content (AvgIpc) is 3.24. The van der Waals surface area contributed by atoms with E-state index < -0.39 is 0 Å². The predicted octanol–water partition coefficient (Wildman–Crippen LogP) is 3.85. The van der Waals surface area contributed by atoms with Crippen LogP contribution in [0.3, 0.4) is 0 Å². The van der Waals surface area contributed by atoms with Gasteiger partial charge in [-0.2, -0.15) is 8.75 Å². The minimum Gasteiger partial charge on any atom is -0.319 e. The molecule has 4 rings (SSSR count). The maximum Gasteiger partial charge on any atom is 0.275 e. The number of benzene rings is 1. The first-order valence-electron chi connectivity index (χ1n) is 7.38. The zero-order chi connectivity index (χ0) is 17.2. The van der Waals surface area contributed by atoms with Crippen molar-refractivity contribution >= 4 is 56.6 Å². The molecule has 0 saturated heterocycles. The normalized spacial score (nSPS) is 10.8. The second-order valence-corrected chi connectivity index (χ2v) is 6.61. The fourth-order valence-corrected chi connectivity index (χ4v) is 3.50. The molecule has 4 aromatic rings. The van der Waals surface area contributed by atoms with Crippen molar-refractivity contribution in [2.24, 2.45) is 0 Å². The zero-order valence-corrected chi connectivity index (χ0v) is 14.7. The molecule has 1 aromatic carbocycles. The van der Waals surface area contributed by atoms with Gasteiger partial charge in [0.25, 0.3) is 5.91 Å². The Balaban J connectivity index is 1.51. The highest BCUT2D eigenvalue weighted by Crippen LogP contribution is 2.23. The zero-order valence-electron chi connectivity index (χ0n) is 13.1. The van der Waals surface area contributed by atoms with E-state index in [1.165, 1.54) is 11.3 Å². The summed E-state index contributed by atoms with van der Waals surface area (Å²) in [5.41, 5.74) is 3.30. The van der Waals surface area contributed by atoms with Crippen LogP contribution in [0.2, 0.25) is 0 Å². The Kier molecular flexibility index (Phi) is 4.08. The third kappa shape index (κ3) is 3.32. The lowest BCUT2D eigenvalue weighted by Gasteiger charge is -2.03. The van der Waals surface area contributed by atoms with Crippen molar-refractivity contribution in [1.29, 1.82) is 0 Å². The molecule has 0 atom stereocenters. The van der Waals surface area contributed by atoms with Gasteiger partial charge in [0.15, 0.2) is 5.13 Å². The first-order valence-corrected chi connectivity index (χ1v) is 8.99. The van der Waals surface area contributed by atoms with E-state index in [1.54, 1.807) is 11.4 Å². The fraction of sp³-hybridized carbons (Fsp3) is 0.0625. The van der Waals surface area contributed by atoms with Crippen LogP contribution in [0, 0.1) is 6.92 Å². The van der Waals surface area contributed by atoms with Crippen molar-refractivity contribution < 1.29 is 4.79 Å². The molecular formula is C16H12N6OS2. The standard InChI is InChI=1S/C16H12N6OS2/c1-9-4-2-7-13(17-9)20-16-19-12(8-24-16)15(23)18-10-5-3-6-11-14(10)22-25-21-11/h2-8H,1H3,(H,18,23)(H,17,19,20). The van der Waals surface area contributed by atoms with Gasteiger partial charge >= 0.3 is 0 Å². The lowest BCUT2D eigenvalue weighted by atomic mass is 10.2. The Bertz CT molecular complexity index is 1060. The number of carbonyl (C=O) groups excluding carboxylic acids is 1. The van der Waals surface area contributed by atoms with E-state index in [2.05, 4.69) is 29.3 Å². The van der Waals surface area contributed by atoms with Crippen LogP contribution in [-0.4, -0.2) is 24.6 Å². The molecule has 0 aliphatic heterocycles. The largest absolute Gasteiger partial charge is 0.319 e. The van der Waals surface area contributed by atoms with Crippen molar-refractivity contribution in [2.75, 3.05) is 10.6 Å². The Morgan fingerprint density at radius 3 is 2.84 bits per heavy atom. The van der Waals surface area contributed by atoms with Crippen LogP contribution in [0.5, 0.6) is 0 Å². The summed E-state index contributed by atoms with van der Waals surface area (Å²) in [6.45, 7) is 1.92. The van der Waals surface area contributed by atoms with Gasteiger partial charge in [-0.05, 0) is 31.2 Å². The molecule has 0 fully saturated rings. The average molecular weight is 368 g/mol. The third-order valence-corrected chi connectivity index (χ3v) is 4.69. The predicted molar refractivity (Wildman–Crippen MR) is 99.7 cm³/mol. The topological polar surface area (TPSA) is 92.7 Å². The number of nitrogens with one attached hydrogen (secondary N) is 2. The summed E-state index contributed by atoms with van der Waals surface area (Å²) < 4.78 is 8.38. The van der Waals surface area contributed by atoms with Gasteiger partial charge in [0.05, 0.1) is 17.4 Å². The number of pyridine rings is 1. The van der Waals surface area contributed by atoms with E-state index in [9.17, 15) is 4.79 Å². The summed E-state index contributed by atoms with van der Waals surface area (Å²) in [6, 6.07) is 11.2. The minimum atomic E-state index is -0.290. The number of aromatic nitrogens is 4. The van der Waals surface area contributed by atoms with E-state index in [-0.39, 0.29) is 5.91 Å². The van der Waals surface area contributed by atoms with Crippen LogP contribution in [0.1, 0.15) is 16.2 Å². The van der Waals surface area contributed by atoms with Gasteiger partial charge in [0.1, 0.15) is 22.5 Å². The number of hydrogen-bond acceptors (Lipinski definition) is 8. The van der Waals surface area contributed by atoms with Crippen LogP contribution in [0.4, 0.5) is 16.6 Å². The van der Waals surface area contributed by atoms with E-state index in [1.807, 2.05) is 37.3 Å². The number of amides is 1. The third-order valence-electron chi connectivity index (χ3n) is 3.39. The van der Waals surface area contributed by atoms with Crippen molar-refractivity contribution in [2.45, 2.75) is 6.92 Å². The summed E-state index contributed by atoms with van der Waals surface area (Å²) in [4.78, 5) is 21.1. The van der Waals surface area contributed by atoms with Gasteiger partial charge in [0, 0.05) is 11.1 Å². The number of nitrogens with zero attached hydrogens (tertiary/aromatic N) is 4. The number of anilines is 3.